The largest absolute Gasteiger partial charge is 0.471 e. The summed E-state index contributed by atoms with van der Waals surface area (Å²) >= 11 is 0. The molecular formula is C11H12F3N3O2. The zero-order valence-electron chi connectivity index (χ0n) is 9.99. The maximum absolute atomic E-state index is 12.1. The Kier molecular flexibility index (Phi) is 4.13. The lowest BCUT2D eigenvalue weighted by Gasteiger charge is -2.25. The van der Waals surface area contributed by atoms with Crippen molar-refractivity contribution in [1.82, 2.24) is 10.3 Å². The van der Waals surface area contributed by atoms with E-state index in [1.807, 2.05) is 0 Å². The van der Waals surface area contributed by atoms with Gasteiger partial charge in [-0.05, 0) is 19.1 Å². The SMILES string of the molecule is CC(CNC(=O)C(F)(F)F)(C(N)=O)c1ccccn1. The first-order valence-corrected chi connectivity index (χ1v) is 5.24. The van der Waals surface area contributed by atoms with E-state index in [1.165, 1.54) is 19.2 Å². The third-order valence-corrected chi connectivity index (χ3v) is 2.63. The van der Waals surface area contributed by atoms with Gasteiger partial charge in [-0.15, -0.1) is 0 Å². The van der Waals surface area contributed by atoms with Crippen LogP contribution in [0.5, 0.6) is 0 Å². The molecule has 0 fully saturated rings. The Morgan fingerprint density at radius 3 is 2.42 bits per heavy atom. The molecular weight excluding hydrogens is 263 g/mol. The second kappa shape index (κ2) is 5.25. The summed E-state index contributed by atoms with van der Waals surface area (Å²) in [4.78, 5) is 26.1. The molecule has 19 heavy (non-hydrogen) atoms. The van der Waals surface area contributed by atoms with Gasteiger partial charge in [0.05, 0.1) is 5.69 Å². The van der Waals surface area contributed by atoms with Crippen molar-refractivity contribution in [2.75, 3.05) is 6.54 Å². The molecule has 0 radical (unpaired) electrons. The van der Waals surface area contributed by atoms with Crippen LogP contribution in [0.25, 0.3) is 0 Å². The third kappa shape index (κ3) is 3.43. The number of hydrogen-bond donors (Lipinski definition) is 2. The number of carbonyl (C=O) groups is 2. The number of amides is 2. The number of pyridine rings is 1. The van der Waals surface area contributed by atoms with Gasteiger partial charge >= 0.3 is 12.1 Å². The number of primary amides is 1. The smallest absolute Gasteiger partial charge is 0.369 e. The summed E-state index contributed by atoms with van der Waals surface area (Å²) in [5.74, 6) is -3.01. The van der Waals surface area contributed by atoms with Crippen LogP contribution in [0.4, 0.5) is 13.2 Å². The first kappa shape index (κ1) is 14.9. The van der Waals surface area contributed by atoms with E-state index >= 15 is 0 Å². The molecule has 8 heteroatoms. The zero-order chi connectivity index (χ0) is 14.7. The number of carbonyl (C=O) groups excluding carboxylic acids is 2. The molecule has 0 aliphatic heterocycles. The van der Waals surface area contributed by atoms with Crippen LogP contribution in [0.15, 0.2) is 24.4 Å². The summed E-state index contributed by atoms with van der Waals surface area (Å²) in [6.45, 7) is 0.728. The van der Waals surface area contributed by atoms with Gasteiger partial charge < -0.3 is 11.1 Å². The minimum Gasteiger partial charge on any atom is -0.369 e. The number of aromatic nitrogens is 1. The Morgan fingerprint density at radius 1 is 1.37 bits per heavy atom. The van der Waals surface area contributed by atoms with Gasteiger partial charge in [0.2, 0.25) is 5.91 Å². The molecule has 1 heterocycles. The number of rotatable bonds is 4. The molecule has 0 aliphatic rings. The number of hydrogen-bond acceptors (Lipinski definition) is 3. The van der Waals surface area contributed by atoms with E-state index in [-0.39, 0.29) is 5.69 Å². The molecule has 2 amide bonds. The normalized spacial score (nSPS) is 14.5. The van der Waals surface area contributed by atoms with Gasteiger partial charge in [-0.1, -0.05) is 6.07 Å². The van der Waals surface area contributed by atoms with E-state index in [0.717, 1.165) is 0 Å². The summed E-state index contributed by atoms with van der Waals surface area (Å²) in [6, 6.07) is 4.60. The van der Waals surface area contributed by atoms with Crippen molar-refractivity contribution in [1.29, 1.82) is 0 Å². The van der Waals surface area contributed by atoms with Crippen LogP contribution in [0.3, 0.4) is 0 Å². The molecule has 0 aliphatic carbocycles. The van der Waals surface area contributed by atoms with Crippen molar-refractivity contribution in [3.8, 4) is 0 Å². The molecule has 0 saturated heterocycles. The van der Waals surface area contributed by atoms with Crippen LogP contribution < -0.4 is 11.1 Å². The minimum atomic E-state index is -5.01. The van der Waals surface area contributed by atoms with Crippen molar-refractivity contribution in [3.05, 3.63) is 30.1 Å². The molecule has 0 spiro atoms. The molecule has 1 aromatic heterocycles. The average molecular weight is 275 g/mol. The van der Waals surface area contributed by atoms with Crippen molar-refractivity contribution in [2.24, 2.45) is 5.73 Å². The van der Waals surface area contributed by atoms with Gasteiger partial charge in [0.15, 0.2) is 0 Å². The average Bonchev–Trinajstić information content (AvgIpc) is 2.35. The summed E-state index contributed by atoms with van der Waals surface area (Å²) in [5, 5.41) is 1.64. The number of nitrogens with two attached hydrogens (primary N) is 1. The molecule has 0 bridgehead atoms. The summed E-state index contributed by atoms with van der Waals surface area (Å²) in [6.07, 6.45) is -3.63. The Hall–Kier alpha value is -2.12. The molecule has 1 atom stereocenters. The van der Waals surface area contributed by atoms with E-state index in [1.54, 1.807) is 17.4 Å². The fourth-order valence-electron chi connectivity index (χ4n) is 1.35. The lowest BCUT2D eigenvalue weighted by Crippen LogP contribution is -2.50. The number of alkyl halides is 3. The minimum absolute atomic E-state index is 0.185. The molecule has 5 nitrogen and oxygen atoms in total. The van der Waals surface area contributed by atoms with Crippen LogP contribution in [0.2, 0.25) is 0 Å². The van der Waals surface area contributed by atoms with Crippen molar-refractivity contribution >= 4 is 11.8 Å². The maximum Gasteiger partial charge on any atom is 0.471 e. The van der Waals surface area contributed by atoms with Gasteiger partial charge in [-0.2, -0.15) is 13.2 Å². The van der Waals surface area contributed by atoms with Gasteiger partial charge in [-0.3, -0.25) is 14.6 Å². The van der Waals surface area contributed by atoms with E-state index in [4.69, 9.17) is 5.73 Å². The highest BCUT2D eigenvalue weighted by atomic mass is 19.4. The second-order valence-corrected chi connectivity index (χ2v) is 4.09. The van der Waals surface area contributed by atoms with E-state index in [0.29, 0.717) is 0 Å². The summed E-state index contributed by atoms with van der Waals surface area (Å²) < 4.78 is 36.3. The van der Waals surface area contributed by atoms with Crippen LogP contribution in [-0.2, 0) is 15.0 Å². The predicted octanol–water partition coefficient (Wildman–Crippen LogP) is 0.503. The highest BCUT2D eigenvalue weighted by Crippen LogP contribution is 2.21. The predicted molar refractivity (Wildman–Crippen MR) is 59.8 cm³/mol. The number of nitrogens with zero attached hydrogens (tertiary/aromatic N) is 1. The van der Waals surface area contributed by atoms with Crippen LogP contribution in [0, 0.1) is 0 Å². The van der Waals surface area contributed by atoms with E-state index in [2.05, 4.69) is 4.98 Å². The number of nitrogens with one attached hydrogen (secondary N) is 1. The molecule has 1 unspecified atom stereocenters. The van der Waals surface area contributed by atoms with Gasteiger partial charge in [0.25, 0.3) is 0 Å². The Labute approximate surface area is 107 Å². The van der Waals surface area contributed by atoms with Gasteiger partial charge in [-0.25, -0.2) is 0 Å². The van der Waals surface area contributed by atoms with Crippen molar-refractivity contribution < 1.29 is 22.8 Å². The fourth-order valence-corrected chi connectivity index (χ4v) is 1.35. The maximum atomic E-state index is 12.1. The Morgan fingerprint density at radius 2 is 2.00 bits per heavy atom. The molecule has 104 valence electrons. The van der Waals surface area contributed by atoms with Crippen LogP contribution in [-0.4, -0.2) is 29.5 Å². The topological polar surface area (TPSA) is 85.1 Å². The van der Waals surface area contributed by atoms with Crippen LogP contribution >= 0.6 is 0 Å². The molecule has 0 saturated carbocycles. The standard InChI is InChI=1S/C11H12F3N3O2/c1-10(8(15)18,7-4-2-3-5-16-7)6-17-9(19)11(12,13)14/h2-5H,6H2,1H3,(H2,15,18)(H,17,19). The summed E-state index contributed by atoms with van der Waals surface area (Å²) in [7, 11) is 0. The molecule has 0 aromatic carbocycles. The lowest BCUT2D eigenvalue weighted by molar-refractivity contribution is -0.173. The fraction of sp³-hybridized carbons (Fsp3) is 0.364. The van der Waals surface area contributed by atoms with Crippen molar-refractivity contribution in [3.63, 3.8) is 0 Å². The van der Waals surface area contributed by atoms with Gasteiger partial charge in [0, 0.05) is 12.7 Å². The molecule has 3 N–H and O–H groups in total. The monoisotopic (exact) mass is 275 g/mol. The van der Waals surface area contributed by atoms with Crippen LogP contribution in [0.1, 0.15) is 12.6 Å². The molecule has 1 rings (SSSR count). The highest BCUT2D eigenvalue weighted by molar-refractivity contribution is 5.88. The van der Waals surface area contributed by atoms with E-state index < -0.39 is 30.0 Å². The van der Waals surface area contributed by atoms with Gasteiger partial charge in [0.1, 0.15) is 5.41 Å². The highest BCUT2D eigenvalue weighted by Gasteiger charge is 2.42. The Balaban J connectivity index is 2.91. The lowest BCUT2D eigenvalue weighted by atomic mass is 9.85. The zero-order valence-corrected chi connectivity index (χ0v) is 9.99. The first-order chi connectivity index (χ1) is 8.68. The van der Waals surface area contributed by atoms with E-state index in [9.17, 15) is 22.8 Å². The third-order valence-electron chi connectivity index (χ3n) is 2.63. The number of halogens is 3. The molecule has 1 aromatic rings. The second-order valence-electron chi connectivity index (χ2n) is 4.09. The van der Waals surface area contributed by atoms with Crippen molar-refractivity contribution in [2.45, 2.75) is 18.5 Å². The first-order valence-electron chi connectivity index (χ1n) is 5.24. The quantitative estimate of drug-likeness (QED) is 0.839. The Bertz CT molecular complexity index is 476. The summed E-state index contributed by atoms with van der Waals surface area (Å²) in [5.41, 5.74) is 3.86.